The van der Waals surface area contributed by atoms with Gasteiger partial charge in [-0.3, -0.25) is 14.2 Å². The summed E-state index contributed by atoms with van der Waals surface area (Å²) >= 11 is 0. The maximum absolute atomic E-state index is 16.2. The van der Waals surface area contributed by atoms with Crippen LogP contribution in [0.5, 0.6) is 5.75 Å². The number of hydrogen-bond donors (Lipinski definition) is 0. The molecule has 49 heavy (non-hydrogen) atoms. The quantitative estimate of drug-likeness (QED) is 0.153. The van der Waals surface area contributed by atoms with Gasteiger partial charge in [-0.25, -0.2) is 13.6 Å². The molecule has 18 heteroatoms. The first-order valence-corrected chi connectivity index (χ1v) is 16.7. The topological polar surface area (TPSA) is 79.4 Å². The van der Waals surface area contributed by atoms with Crippen molar-refractivity contribution in [2.75, 3.05) is 37.8 Å². The summed E-state index contributed by atoms with van der Waals surface area (Å²) in [5.74, 6) is -3.45. The average molecular weight is 734 g/mol. The van der Waals surface area contributed by atoms with E-state index < -0.39 is 87.8 Å². The second-order valence-electron chi connectivity index (χ2n) is 13.0. The van der Waals surface area contributed by atoms with Crippen LogP contribution in [0.15, 0.2) is 30.3 Å². The Morgan fingerprint density at radius 2 is 1.65 bits per heavy atom. The molecule has 2 aromatic rings. The Balaban J connectivity index is 1.81. The van der Waals surface area contributed by atoms with Gasteiger partial charge in [-0.2, -0.15) is 34.8 Å². The third-order valence-electron chi connectivity index (χ3n) is 8.10. The lowest BCUT2D eigenvalue weighted by atomic mass is 9.84. The summed E-state index contributed by atoms with van der Waals surface area (Å²) in [5.41, 5.74) is -8.03. The van der Waals surface area contributed by atoms with Gasteiger partial charge < -0.3 is 13.8 Å². The fourth-order valence-electron chi connectivity index (χ4n) is 6.15. The molecule has 0 aliphatic carbocycles. The predicted octanol–water partition coefficient (Wildman–Crippen LogP) is 7.27. The van der Waals surface area contributed by atoms with Crippen LogP contribution >= 0.6 is 0 Å². The lowest BCUT2D eigenvalue weighted by Crippen LogP contribution is -2.48. The van der Waals surface area contributed by atoms with E-state index in [0.29, 0.717) is 19.5 Å². The zero-order valence-electron chi connectivity index (χ0n) is 27.0. The molecular formula is C31H36F9N3O5S. The van der Waals surface area contributed by atoms with Gasteiger partial charge >= 0.3 is 27.9 Å². The van der Waals surface area contributed by atoms with Crippen LogP contribution in [-0.4, -0.2) is 86.5 Å². The van der Waals surface area contributed by atoms with Crippen molar-refractivity contribution in [1.82, 2.24) is 9.80 Å². The Hall–Kier alpha value is -3.25. The van der Waals surface area contributed by atoms with Gasteiger partial charge in [-0.1, -0.05) is 6.07 Å². The van der Waals surface area contributed by atoms with Crippen molar-refractivity contribution >= 4 is 21.9 Å². The molecule has 0 spiro atoms. The van der Waals surface area contributed by atoms with Crippen molar-refractivity contribution in [3.63, 3.8) is 0 Å². The molecule has 4 rings (SSSR count). The normalized spacial score (nSPS) is 21.0. The molecular weight excluding hydrogens is 697 g/mol. The van der Waals surface area contributed by atoms with Crippen LogP contribution in [0.25, 0.3) is 0 Å². The second-order valence-corrected chi connectivity index (χ2v) is 14.6. The molecule has 2 aromatic carbocycles. The SMILES string of the molecule is CC1Cc2cc(OS(=O)(=O)C(F)(F)F)ccc2C(c2c(F)cc(N(C(=O)OC(C)(C)C)C3CCN(CCCF)C3)cc2F)N1CC(F)(F)F. The molecule has 0 saturated carbocycles. The lowest BCUT2D eigenvalue weighted by Gasteiger charge is -2.42. The Bertz CT molecular complexity index is 1610. The summed E-state index contributed by atoms with van der Waals surface area (Å²) in [7, 11) is -6.09. The van der Waals surface area contributed by atoms with E-state index in [1.807, 2.05) is 4.90 Å². The third-order valence-corrected chi connectivity index (χ3v) is 9.08. The highest BCUT2D eigenvalue weighted by Gasteiger charge is 2.49. The average Bonchev–Trinajstić information content (AvgIpc) is 3.38. The standard InChI is InChI=1S/C31H36F9N3O5S/c1-18-12-19-13-22(48-49(45,46)31(38,39)40)6-7-23(19)27(42(18)17-30(35,36)37)26-24(33)14-21(15-25(26)34)43(28(44)47-29(2,3)4)20-8-11-41(16-20)10-5-9-32/h6-7,13-15,18,20,27H,5,8-12,16-17H2,1-4H3. The molecule has 0 aromatic heterocycles. The van der Waals surface area contributed by atoms with Gasteiger partial charge in [0.2, 0.25) is 0 Å². The minimum absolute atomic E-state index is 0.00313. The van der Waals surface area contributed by atoms with E-state index in [1.54, 1.807) is 20.8 Å². The molecule has 0 radical (unpaired) electrons. The van der Waals surface area contributed by atoms with Crippen molar-refractivity contribution in [3.05, 3.63) is 58.7 Å². The van der Waals surface area contributed by atoms with Crippen molar-refractivity contribution in [3.8, 4) is 5.75 Å². The number of ether oxygens (including phenoxy) is 1. The second kappa shape index (κ2) is 14.2. The number of carbonyl (C=O) groups is 1. The van der Waals surface area contributed by atoms with E-state index >= 15 is 8.78 Å². The molecule has 1 fully saturated rings. The van der Waals surface area contributed by atoms with E-state index in [2.05, 4.69) is 4.18 Å². The highest BCUT2D eigenvalue weighted by atomic mass is 32.2. The molecule has 8 nitrogen and oxygen atoms in total. The Morgan fingerprint density at radius 3 is 2.20 bits per heavy atom. The van der Waals surface area contributed by atoms with Gasteiger partial charge in [0, 0.05) is 31.2 Å². The summed E-state index contributed by atoms with van der Waals surface area (Å²) in [6.07, 6.45) is -5.46. The van der Waals surface area contributed by atoms with Crippen molar-refractivity contribution < 1.29 is 61.6 Å². The molecule has 0 N–H and O–H groups in total. The number of likely N-dealkylation sites (tertiary alicyclic amines) is 1. The van der Waals surface area contributed by atoms with Gasteiger partial charge in [0.05, 0.1) is 31.0 Å². The molecule has 2 heterocycles. The van der Waals surface area contributed by atoms with E-state index in [1.165, 1.54) is 6.92 Å². The van der Waals surface area contributed by atoms with Crippen LogP contribution in [0.1, 0.15) is 63.3 Å². The molecule has 3 atom stereocenters. The zero-order valence-corrected chi connectivity index (χ0v) is 27.8. The number of rotatable bonds is 9. The smallest absolute Gasteiger partial charge is 0.443 e. The molecule has 1 amide bonds. The number of amides is 1. The van der Waals surface area contributed by atoms with Crippen LogP contribution in [0.4, 0.5) is 50.0 Å². The van der Waals surface area contributed by atoms with Crippen LogP contribution in [0, 0.1) is 11.6 Å². The largest absolute Gasteiger partial charge is 0.534 e. The van der Waals surface area contributed by atoms with Crippen LogP contribution in [0.3, 0.4) is 0 Å². The number of anilines is 1. The number of hydrogen-bond acceptors (Lipinski definition) is 7. The van der Waals surface area contributed by atoms with Crippen molar-refractivity contribution in [2.45, 2.75) is 82.4 Å². The van der Waals surface area contributed by atoms with Crippen LogP contribution in [-0.2, 0) is 21.3 Å². The van der Waals surface area contributed by atoms with Gasteiger partial charge in [-0.05, 0) is 82.3 Å². The van der Waals surface area contributed by atoms with Crippen molar-refractivity contribution in [2.24, 2.45) is 0 Å². The summed E-state index contributed by atoms with van der Waals surface area (Å²) < 4.78 is 158. The lowest BCUT2D eigenvalue weighted by molar-refractivity contribution is -0.155. The Labute approximate surface area is 277 Å². The maximum atomic E-state index is 16.2. The first-order chi connectivity index (χ1) is 22.5. The third kappa shape index (κ3) is 9.11. The molecule has 0 bridgehead atoms. The molecule has 3 unspecified atom stereocenters. The zero-order chi connectivity index (χ0) is 36.7. The number of carbonyl (C=O) groups excluding carboxylic acids is 1. The van der Waals surface area contributed by atoms with E-state index in [9.17, 15) is 43.9 Å². The van der Waals surface area contributed by atoms with E-state index in [0.717, 1.165) is 40.1 Å². The van der Waals surface area contributed by atoms with Gasteiger partial charge in [0.15, 0.2) is 0 Å². The summed E-state index contributed by atoms with van der Waals surface area (Å²) in [5, 5.41) is 0. The number of nitrogens with zero attached hydrogens (tertiary/aromatic N) is 3. The van der Waals surface area contributed by atoms with Gasteiger partial charge in [0.1, 0.15) is 23.0 Å². The predicted molar refractivity (Wildman–Crippen MR) is 160 cm³/mol. The fraction of sp³-hybridized carbons (Fsp3) is 0.581. The highest BCUT2D eigenvalue weighted by Crippen LogP contribution is 2.44. The van der Waals surface area contributed by atoms with E-state index in [-0.39, 0.29) is 36.2 Å². The summed E-state index contributed by atoms with van der Waals surface area (Å²) in [6, 6.07) is 0.647. The Morgan fingerprint density at radius 1 is 1.02 bits per heavy atom. The molecule has 1 saturated heterocycles. The highest BCUT2D eigenvalue weighted by molar-refractivity contribution is 7.88. The summed E-state index contributed by atoms with van der Waals surface area (Å²) in [6.45, 7) is 4.93. The van der Waals surface area contributed by atoms with E-state index in [4.69, 9.17) is 4.74 Å². The van der Waals surface area contributed by atoms with Crippen LogP contribution in [0.2, 0.25) is 0 Å². The van der Waals surface area contributed by atoms with Gasteiger partial charge in [-0.15, -0.1) is 0 Å². The Kier molecular flexibility index (Phi) is 11.1. The van der Waals surface area contributed by atoms with Crippen molar-refractivity contribution in [1.29, 1.82) is 0 Å². The first kappa shape index (κ1) is 38.6. The molecule has 2 aliphatic heterocycles. The molecule has 2 aliphatic rings. The number of fused-ring (bicyclic) bond motifs is 1. The molecule has 274 valence electrons. The van der Waals surface area contributed by atoms with Gasteiger partial charge in [0.25, 0.3) is 0 Å². The first-order valence-electron chi connectivity index (χ1n) is 15.3. The number of halogens is 9. The number of alkyl halides is 7. The minimum Gasteiger partial charge on any atom is -0.443 e. The number of benzene rings is 2. The monoisotopic (exact) mass is 733 g/mol. The van der Waals surface area contributed by atoms with Crippen LogP contribution < -0.4 is 9.08 Å². The maximum Gasteiger partial charge on any atom is 0.534 e. The summed E-state index contributed by atoms with van der Waals surface area (Å²) in [4.78, 5) is 17.1. The minimum atomic E-state index is -6.09. The fourth-order valence-corrected chi connectivity index (χ4v) is 6.60.